The van der Waals surface area contributed by atoms with Crippen LogP contribution in [0.4, 0.5) is 10.9 Å². The van der Waals surface area contributed by atoms with E-state index in [4.69, 9.17) is 11.5 Å². The quantitative estimate of drug-likeness (QED) is 0.602. The Morgan fingerprint density at radius 2 is 2.14 bits per heavy atom. The molecule has 8 nitrogen and oxygen atoms in total. The van der Waals surface area contributed by atoms with Crippen LogP contribution in [-0.2, 0) is 4.79 Å². The molecular formula is C11H14N6O2S2. The Hall–Kier alpha value is -2.07. The second-order valence-corrected chi connectivity index (χ2v) is 6.36. The molecule has 112 valence electrons. The number of thioether (sulfide) groups is 1. The topological polar surface area (TPSA) is 140 Å². The lowest BCUT2D eigenvalue weighted by Crippen LogP contribution is -2.18. The Labute approximate surface area is 128 Å². The summed E-state index contributed by atoms with van der Waals surface area (Å²) in [6.45, 7) is 3.67. The van der Waals surface area contributed by atoms with E-state index in [2.05, 4.69) is 20.5 Å². The highest BCUT2D eigenvalue weighted by molar-refractivity contribution is 7.99. The first-order valence-corrected chi connectivity index (χ1v) is 7.69. The second-order valence-electron chi connectivity index (χ2n) is 4.19. The number of aromatic amines is 1. The van der Waals surface area contributed by atoms with Gasteiger partial charge in [0.25, 0.3) is 5.91 Å². The lowest BCUT2D eigenvalue weighted by molar-refractivity contribution is -0.113. The van der Waals surface area contributed by atoms with Gasteiger partial charge in [0.2, 0.25) is 17.0 Å². The van der Waals surface area contributed by atoms with Crippen molar-refractivity contribution >= 4 is 45.9 Å². The zero-order valence-electron chi connectivity index (χ0n) is 11.4. The third kappa shape index (κ3) is 3.52. The van der Waals surface area contributed by atoms with Crippen LogP contribution >= 0.6 is 23.1 Å². The summed E-state index contributed by atoms with van der Waals surface area (Å²) in [6, 6.07) is 0. The molecule has 0 saturated carbocycles. The van der Waals surface area contributed by atoms with Crippen LogP contribution in [0.15, 0.2) is 5.16 Å². The molecule has 0 radical (unpaired) electrons. The lowest BCUT2D eigenvalue weighted by Gasteiger charge is -2.04. The van der Waals surface area contributed by atoms with Gasteiger partial charge in [-0.3, -0.25) is 9.59 Å². The molecule has 2 rings (SSSR count). The lowest BCUT2D eigenvalue weighted by atomic mass is 10.1. The summed E-state index contributed by atoms with van der Waals surface area (Å²) < 4.78 is 0. The second kappa shape index (κ2) is 6.14. The predicted octanol–water partition coefficient (Wildman–Crippen LogP) is 0.895. The van der Waals surface area contributed by atoms with Crippen LogP contribution in [0.5, 0.6) is 0 Å². The van der Waals surface area contributed by atoms with Gasteiger partial charge in [0, 0.05) is 4.88 Å². The number of nitrogens with zero attached hydrogens (tertiary/aromatic N) is 2. The molecule has 2 aromatic rings. The number of rotatable bonds is 5. The first-order chi connectivity index (χ1) is 9.88. The molecule has 0 fully saturated rings. The van der Waals surface area contributed by atoms with Crippen molar-refractivity contribution in [1.82, 2.24) is 15.2 Å². The van der Waals surface area contributed by atoms with Crippen LogP contribution in [0.1, 0.15) is 20.8 Å². The van der Waals surface area contributed by atoms with E-state index in [0.29, 0.717) is 15.7 Å². The van der Waals surface area contributed by atoms with Gasteiger partial charge >= 0.3 is 0 Å². The average Bonchev–Trinajstić information content (AvgIpc) is 2.92. The minimum Gasteiger partial charge on any atom is -0.368 e. The fourth-order valence-electron chi connectivity index (χ4n) is 1.63. The van der Waals surface area contributed by atoms with Crippen LogP contribution in [-0.4, -0.2) is 32.7 Å². The Morgan fingerprint density at radius 1 is 1.43 bits per heavy atom. The third-order valence-electron chi connectivity index (χ3n) is 2.70. The fraction of sp³-hybridized carbons (Fsp3) is 0.273. The number of anilines is 2. The number of nitrogens with two attached hydrogens (primary N) is 2. The number of aryl methyl sites for hydroxylation is 1. The minimum atomic E-state index is -0.554. The van der Waals surface area contributed by atoms with Crippen LogP contribution in [0, 0.1) is 13.8 Å². The maximum atomic E-state index is 11.9. The van der Waals surface area contributed by atoms with Crippen LogP contribution < -0.4 is 16.8 Å². The molecule has 6 N–H and O–H groups in total. The van der Waals surface area contributed by atoms with Crippen molar-refractivity contribution in [3.63, 3.8) is 0 Å². The molecule has 0 aliphatic carbocycles. The highest BCUT2D eigenvalue weighted by atomic mass is 32.2. The molecule has 0 aliphatic rings. The van der Waals surface area contributed by atoms with Crippen molar-refractivity contribution in [3.05, 3.63) is 16.0 Å². The molecule has 0 bridgehead atoms. The smallest absolute Gasteiger partial charge is 0.251 e. The van der Waals surface area contributed by atoms with Gasteiger partial charge in [-0.1, -0.05) is 11.8 Å². The molecule has 2 heterocycles. The monoisotopic (exact) mass is 326 g/mol. The van der Waals surface area contributed by atoms with Gasteiger partial charge in [-0.05, 0) is 19.4 Å². The number of aromatic nitrogens is 3. The summed E-state index contributed by atoms with van der Waals surface area (Å²) in [4.78, 5) is 28.2. The van der Waals surface area contributed by atoms with Gasteiger partial charge in [-0.15, -0.1) is 16.4 Å². The molecule has 10 heteroatoms. The number of nitrogen functional groups attached to an aromatic ring is 1. The number of hydrogen-bond donors (Lipinski definition) is 4. The first kappa shape index (κ1) is 15.3. The zero-order chi connectivity index (χ0) is 15.6. The summed E-state index contributed by atoms with van der Waals surface area (Å²) in [7, 11) is 0. The van der Waals surface area contributed by atoms with Gasteiger partial charge in [0.05, 0.1) is 11.3 Å². The van der Waals surface area contributed by atoms with E-state index in [1.54, 1.807) is 6.92 Å². The summed E-state index contributed by atoms with van der Waals surface area (Å²) in [5.41, 5.74) is 11.9. The average molecular weight is 326 g/mol. The van der Waals surface area contributed by atoms with Crippen LogP contribution in [0.3, 0.4) is 0 Å². The van der Waals surface area contributed by atoms with Crippen molar-refractivity contribution in [2.45, 2.75) is 19.0 Å². The number of primary amides is 1. The third-order valence-corrected chi connectivity index (χ3v) is 4.67. The molecule has 21 heavy (non-hydrogen) atoms. The number of hydrogen-bond acceptors (Lipinski definition) is 7. The molecule has 0 saturated heterocycles. The Kier molecular flexibility index (Phi) is 4.48. The Bertz CT molecular complexity index is 693. The summed E-state index contributed by atoms with van der Waals surface area (Å²) in [6.07, 6.45) is 0. The molecule has 0 unspecified atom stereocenters. The first-order valence-electron chi connectivity index (χ1n) is 5.88. The minimum absolute atomic E-state index is 0.103. The number of amides is 2. The van der Waals surface area contributed by atoms with E-state index in [1.807, 2.05) is 6.92 Å². The summed E-state index contributed by atoms with van der Waals surface area (Å²) >= 11 is 2.46. The zero-order valence-corrected chi connectivity index (χ0v) is 13.0. The van der Waals surface area contributed by atoms with E-state index < -0.39 is 5.91 Å². The standard InChI is InChI=1S/C11H14N6O2S2/c1-4-5(2)21-9(7(4)8(12)19)14-6(18)3-20-11-15-10(13)16-17-11/h3H2,1-2H3,(H2,12,19)(H,14,18)(H3,13,15,16,17). The van der Waals surface area contributed by atoms with Gasteiger partial charge in [-0.2, -0.15) is 4.98 Å². The Morgan fingerprint density at radius 3 is 2.71 bits per heavy atom. The number of carbonyl (C=O) groups excluding carboxylic acids is 2. The maximum absolute atomic E-state index is 11.9. The number of carbonyl (C=O) groups is 2. The number of nitrogens with one attached hydrogen (secondary N) is 2. The molecule has 2 aromatic heterocycles. The van der Waals surface area contributed by atoms with Crippen molar-refractivity contribution in [1.29, 1.82) is 0 Å². The number of H-pyrrole nitrogens is 1. The van der Waals surface area contributed by atoms with Crippen molar-refractivity contribution in [2.24, 2.45) is 5.73 Å². The van der Waals surface area contributed by atoms with E-state index in [9.17, 15) is 9.59 Å². The highest BCUT2D eigenvalue weighted by Crippen LogP contribution is 2.32. The van der Waals surface area contributed by atoms with Crippen molar-refractivity contribution < 1.29 is 9.59 Å². The normalized spacial score (nSPS) is 10.6. The van der Waals surface area contributed by atoms with Gasteiger partial charge < -0.3 is 16.8 Å². The summed E-state index contributed by atoms with van der Waals surface area (Å²) in [5, 5.41) is 9.84. The van der Waals surface area contributed by atoms with Gasteiger partial charge in [0.15, 0.2) is 0 Å². The van der Waals surface area contributed by atoms with E-state index in [-0.39, 0.29) is 17.6 Å². The van der Waals surface area contributed by atoms with E-state index in [1.165, 1.54) is 11.3 Å². The SMILES string of the molecule is Cc1sc(NC(=O)CSc2n[nH]c(N)n2)c(C(N)=O)c1C. The fourth-order valence-corrected chi connectivity index (χ4v) is 3.31. The van der Waals surface area contributed by atoms with Gasteiger partial charge in [0.1, 0.15) is 5.00 Å². The van der Waals surface area contributed by atoms with Crippen molar-refractivity contribution in [3.8, 4) is 0 Å². The molecule has 2 amide bonds. The predicted molar refractivity (Wildman–Crippen MR) is 82.5 cm³/mol. The highest BCUT2D eigenvalue weighted by Gasteiger charge is 2.19. The molecule has 0 aromatic carbocycles. The molecule has 0 atom stereocenters. The van der Waals surface area contributed by atoms with E-state index in [0.717, 1.165) is 22.2 Å². The Balaban J connectivity index is 2.03. The van der Waals surface area contributed by atoms with Crippen LogP contribution in [0.2, 0.25) is 0 Å². The largest absolute Gasteiger partial charge is 0.368 e. The van der Waals surface area contributed by atoms with Crippen LogP contribution in [0.25, 0.3) is 0 Å². The molecular weight excluding hydrogens is 312 g/mol. The van der Waals surface area contributed by atoms with Crippen molar-refractivity contribution in [2.75, 3.05) is 16.8 Å². The summed E-state index contributed by atoms with van der Waals surface area (Å²) in [5.74, 6) is -0.530. The van der Waals surface area contributed by atoms with Gasteiger partial charge in [-0.25, -0.2) is 5.10 Å². The van der Waals surface area contributed by atoms with E-state index >= 15 is 0 Å². The molecule has 0 spiro atoms. The number of thiophene rings is 1. The molecule has 0 aliphatic heterocycles. The maximum Gasteiger partial charge on any atom is 0.251 e.